The third-order valence-corrected chi connectivity index (χ3v) is 2.89. The highest BCUT2D eigenvalue weighted by molar-refractivity contribution is 5.22. The van der Waals surface area contributed by atoms with Crippen molar-refractivity contribution in [3.05, 3.63) is 35.4 Å². The molecule has 0 bridgehead atoms. The van der Waals surface area contributed by atoms with Gasteiger partial charge in [0.1, 0.15) is 11.6 Å². The van der Waals surface area contributed by atoms with E-state index in [4.69, 9.17) is 5.73 Å². The summed E-state index contributed by atoms with van der Waals surface area (Å²) in [5.74, 6) is 0.145. The molecule has 0 aliphatic carbocycles. The second-order valence-corrected chi connectivity index (χ2v) is 5.24. The van der Waals surface area contributed by atoms with Crippen LogP contribution in [-0.4, -0.2) is 0 Å². The van der Waals surface area contributed by atoms with Gasteiger partial charge in [0.05, 0.1) is 0 Å². The van der Waals surface area contributed by atoms with Crippen molar-refractivity contribution in [2.24, 2.45) is 17.6 Å². The van der Waals surface area contributed by atoms with Crippen molar-refractivity contribution in [1.82, 2.24) is 0 Å². The van der Waals surface area contributed by atoms with Crippen molar-refractivity contribution in [3.8, 4) is 0 Å². The van der Waals surface area contributed by atoms with Crippen LogP contribution in [0.2, 0.25) is 0 Å². The molecule has 0 aliphatic rings. The van der Waals surface area contributed by atoms with Gasteiger partial charge in [-0.2, -0.15) is 0 Å². The van der Waals surface area contributed by atoms with Gasteiger partial charge in [0.2, 0.25) is 0 Å². The first-order valence-corrected chi connectivity index (χ1v) is 6.10. The Morgan fingerprint density at radius 2 is 1.76 bits per heavy atom. The topological polar surface area (TPSA) is 26.0 Å². The standard InChI is InChI=1S/C14H21F2N/c1-9(2)6-10(3)7-14(17)12-8-11(15)4-5-13(12)16/h4-5,8-10,14H,6-7,17H2,1-3H3. The minimum absolute atomic E-state index is 0.278. The van der Waals surface area contributed by atoms with Gasteiger partial charge in [-0.15, -0.1) is 0 Å². The predicted molar refractivity (Wildman–Crippen MR) is 66.5 cm³/mol. The highest BCUT2D eigenvalue weighted by Gasteiger charge is 2.16. The number of hydrogen-bond acceptors (Lipinski definition) is 1. The normalized spacial score (nSPS) is 15.0. The molecule has 1 nitrogen and oxygen atoms in total. The molecule has 2 atom stereocenters. The number of hydrogen-bond donors (Lipinski definition) is 1. The Hall–Kier alpha value is -0.960. The van der Waals surface area contributed by atoms with Crippen LogP contribution in [0.5, 0.6) is 0 Å². The van der Waals surface area contributed by atoms with Crippen LogP contribution < -0.4 is 5.73 Å². The Labute approximate surface area is 102 Å². The Morgan fingerprint density at radius 3 is 2.35 bits per heavy atom. The molecule has 17 heavy (non-hydrogen) atoms. The predicted octanol–water partition coefficient (Wildman–Crippen LogP) is 4.04. The highest BCUT2D eigenvalue weighted by atomic mass is 19.1. The lowest BCUT2D eigenvalue weighted by Gasteiger charge is -2.19. The Kier molecular flexibility index (Phi) is 5.06. The third kappa shape index (κ3) is 4.43. The van der Waals surface area contributed by atoms with Gasteiger partial charge in [-0.1, -0.05) is 20.8 Å². The van der Waals surface area contributed by atoms with E-state index in [-0.39, 0.29) is 5.56 Å². The van der Waals surface area contributed by atoms with Crippen LogP contribution >= 0.6 is 0 Å². The second-order valence-electron chi connectivity index (χ2n) is 5.24. The molecule has 0 radical (unpaired) electrons. The van der Waals surface area contributed by atoms with Crippen molar-refractivity contribution >= 4 is 0 Å². The summed E-state index contributed by atoms with van der Waals surface area (Å²) in [4.78, 5) is 0. The van der Waals surface area contributed by atoms with Gasteiger partial charge in [-0.3, -0.25) is 0 Å². The molecule has 0 saturated carbocycles. The van der Waals surface area contributed by atoms with Crippen LogP contribution in [0.15, 0.2) is 18.2 Å². The summed E-state index contributed by atoms with van der Waals surface area (Å²) in [6, 6.07) is 3.02. The van der Waals surface area contributed by atoms with Crippen LogP contribution in [0.25, 0.3) is 0 Å². The maximum absolute atomic E-state index is 13.5. The molecule has 96 valence electrons. The van der Waals surface area contributed by atoms with E-state index in [1.54, 1.807) is 0 Å². The van der Waals surface area contributed by atoms with E-state index in [0.717, 1.165) is 18.6 Å². The van der Waals surface area contributed by atoms with Gasteiger partial charge in [0.15, 0.2) is 0 Å². The van der Waals surface area contributed by atoms with Crippen molar-refractivity contribution in [3.63, 3.8) is 0 Å². The van der Waals surface area contributed by atoms with Crippen LogP contribution in [0.3, 0.4) is 0 Å². The van der Waals surface area contributed by atoms with Crippen molar-refractivity contribution in [1.29, 1.82) is 0 Å². The highest BCUT2D eigenvalue weighted by Crippen LogP contribution is 2.25. The van der Waals surface area contributed by atoms with E-state index in [1.807, 2.05) is 0 Å². The summed E-state index contributed by atoms with van der Waals surface area (Å²) >= 11 is 0. The number of nitrogens with two attached hydrogens (primary N) is 1. The van der Waals surface area contributed by atoms with Gasteiger partial charge >= 0.3 is 0 Å². The molecule has 3 heteroatoms. The Morgan fingerprint density at radius 1 is 1.12 bits per heavy atom. The number of rotatable bonds is 5. The summed E-state index contributed by atoms with van der Waals surface area (Å²) < 4.78 is 26.5. The van der Waals surface area contributed by atoms with Gasteiger partial charge < -0.3 is 5.73 Å². The minimum atomic E-state index is -0.437. The number of halogens is 2. The fourth-order valence-electron chi connectivity index (χ4n) is 2.26. The van der Waals surface area contributed by atoms with Crippen LogP contribution in [0, 0.1) is 23.5 Å². The molecule has 0 saturated heterocycles. The molecule has 2 N–H and O–H groups in total. The molecule has 2 unspecified atom stereocenters. The first-order chi connectivity index (χ1) is 7.90. The largest absolute Gasteiger partial charge is 0.324 e. The van der Waals surface area contributed by atoms with Gasteiger partial charge in [0, 0.05) is 11.6 Å². The first kappa shape index (κ1) is 14.1. The lowest BCUT2D eigenvalue weighted by Crippen LogP contribution is -2.16. The van der Waals surface area contributed by atoms with Crippen molar-refractivity contribution in [2.75, 3.05) is 0 Å². The molecule has 0 heterocycles. The molecular weight excluding hydrogens is 220 g/mol. The summed E-state index contributed by atoms with van der Waals surface area (Å²) in [7, 11) is 0. The lowest BCUT2D eigenvalue weighted by molar-refractivity contribution is 0.382. The average molecular weight is 241 g/mol. The Bertz CT molecular complexity index is 363. The van der Waals surface area contributed by atoms with E-state index in [1.165, 1.54) is 6.07 Å². The van der Waals surface area contributed by atoms with E-state index in [2.05, 4.69) is 20.8 Å². The van der Waals surface area contributed by atoms with E-state index >= 15 is 0 Å². The molecular formula is C14H21F2N. The monoisotopic (exact) mass is 241 g/mol. The zero-order valence-electron chi connectivity index (χ0n) is 10.7. The maximum Gasteiger partial charge on any atom is 0.128 e. The lowest BCUT2D eigenvalue weighted by atomic mass is 9.90. The van der Waals surface area contributed by atoms with E-state index in [0.29, 0.717) is 18.3 Å². The Balaban J connectivity index is 2.69. The average Bonchev–Trinajstić information content (AvgIpc) is 2.20. The van der Waals surface area contributed by atoms with E-state index in [9.17, 15) is 8.78 Å². The van der Waals surface area contributed by atoms with Gasteiger partial charge in [-0.05, 0) is 42.9 Å². The van der Waals surface area contributed by atoms with E-state index < -0.39 is 17.7 Å². The van der Waals surface area contributed by atoms with Crippen molar-refractivity contribution in [2.45, 2.75) is 39.7 Å². The maximum atomic E-state index is 13.5. The van der Waals surface area contributed by atoms with Crippen LogP contribution in [0.4, 0.5) is 8.78 Å². The fraction of sp³-hybridized carbons (Fsp3) is 0.571. The fourth-order valence-corrected chi connectivity index (χ4v) is 2.26. The summed E-state index contributed by atoms with van der Waals surface area (Å²) in [5.41, 5.74) is 6.21. The first-order valence-electron chi connectivity index (χ1n) is 6.10. The quantitative estimate of drug-likeness (QED) is 0.827. The number of benzene rings is 1. The molecule has 1 rings (SSSR count). The molecule has 0 spiro atoms. The summed E-state index contributed by atoms with van der Waals surface area (Å²) in [6.45, 7) is 6.38. The zero-order chi connectivity index (χ0) is 13.0. The molecule has 0 fully saturated rings. The SMILES string of the molecule is CC(C)CC(C)CC(N)c1cc(F)ccc1F. The van der Waals surface area contributed by atoms with Crippen molar-refractivity contribution < 1.29 is 8.78 Å². The van der Waals surface area contributed by atoms with Gasteiger partial charge in [0.25, 0.3) is 0 Å². The summed E-state index contributed by atoms with van der Waals surface area (Å²) in [6.07, 6.45) is 1.73. The van der Waals surface area contributed by atoms with Crippen LogP contribution in [0.1, 0.15) is 45.2 Å². The smallest absolute Gasteiger partial charge is 0.128 e. The molecule has 1 aromatic carbocycles. The third-order valence-electron chi connectivity index (χ3n) is 2.89. The molecule has 0 aromatic heterocycles. The zero-order valence-corrected chi connectivity index (χ0v) is 10.7. The minimum Gasteiger partial charge on any atom is -0.324 e. The van der Waals surface area contributed by atoms with Crippen LogP contribution in [-0.2, 0) is 0 Å². The molecule has 0 amide bonds. The summed E-state index contributed by atoms with van der Waals surface area (Å²) in [5, 5.41) is 0. The van der Waals surface area contributed by atoms with Gasteiger partial charge in [-0.25, -0.2) is 8.78 Å². The second kappa shape index (κ2) is 6.10. The molecule has 1 aromatic rings. The molecule has 0 aliphatic heterocycles.